The fourth-order valence-electron chi connectivity index (χ4n) is 2.60. The summed E-state index contributed by atoms with van der Waals surface area (Å²) in [5.41, 5.74) is 1.58. The molecule has 1 amide bonds. The zero-order chi connectivity index (χ0) is 19.6. The van der Waals surface area contributed by atoms with Crippen LogP contribution in [0, 0.1) is 3.57 Å². The number of benzene rings is 2. The number of nitrogens with zero attached hydrogens (tertiary/aromatic N) is 2. The van der Waals surface area contributed by atoms with E-state index in [1.54, 1.807) is 48.5 Å². The van der Waals surface area contributed by atoms with Gasteiger partial charge in [0.1, 0.15) is 18.0 Å². The molecule has 8 heteroatoms. The van der Waals surface area contributed by atoms with Crippen LogP contribution in [0.1, 0.15) is 5.56 Å². The van der Waals surface area contributed by atoms with Crippen LogP contribution in [-0.2, 0) is 14.3 Å². The summed E-state index contributed by atoms with van der Waals surface area (Å²) >= 11 is 7.47. The Morgan fingerprint density at radius 3 is 2.59 bits per heavy atom. The second-order valence-corrected chi connectivity index (χ2v) is 7.19. The lowest BCUT2D eigenvalue weighted by Gasteiger charge is -2.19. The van der Waals surface area contributed by atoms with Gasteiger partial charge in [-0.1, -0.05) is 24.3 Å². The topological polar surface area (TPSA) is 70.1 Å². The Morgan fingerprint density at radius 2 is 1.96 bits per heavy atom. The minimum absolute atomic E-state index is 0.156. The first-order valence-electron chi connectivity index (χ1n) is 7.90. The summed E-state index contributed by atoms with van der Waals surface area (Å²) in [7, 11) is 1.28. The van der Waals surface area contributed by atoms with E-state index < -0.39 is 5.97 Å². The number of carbonyl (C=O) groups excluding carboxylic acids is 2. The van der Waals surface area contributed by atoms with Gasteiger partial charge < -0.3 is 14.7 Å². The van der Waals surface area contributed by atoms with E-state index in [0.717, 1.165) is 0 Å². The number of phenolic OH excluding ortho intramolecular Hbond substituents is 1. The predicted molar refractivity (Wildman–Crippen MR) is 114 cm³/mol. The van der Waals surface area contributed by atoms with Gasteiger partial charge >= 0.3 is 5.97 Å². The molecule has 1 aliphatic rings. The number of hydrogen-bond acceptors (Lipinski definition) is 5. The van der Waals surface area contributed by atoms with Gasteiger partial charge in [0.2, 0.25) is 0 Å². The Kier molecular flexibility index (Phi) is 5.76. The van der Waals surface area contributed by atoms with Crippen LogP contribution in [0.25, 0.3) is 6.08 Å². The smallest absolute Gasteiger partial charge is 0.325 e. The second kappa shape index (κ2) is 8.05. The lowest BCUT2D eigenvalue weighted by molar-refractivity contribution is -0.140. The van der Waals surface area contributed by atoms with Gasteiger partial charge in [0.25, 0.3) is 5.91 Å². The van der Waals surface area contributed by atoms with Crippen molar-refractivity contribution < 1.29 is 19.4 Å². The first-order valence-corrected chi connectivity index (χ1v) is 9.39. The Morgan fingerprint density at radius 1 is 1.26 bits per heavy atom. The fourth-order valence-corrected chi connectivity index (χ4v) is 3.49. The number of para-hydroxylation sites is 1. The van der Waals surface area contributed by atoms with Gasteiger partial charge in [0.15, 0.2) is 5.11 Å². The quantitative estimate of drug-likeness (QED) is 0.305. The monoisotopic (exact) mass is 494 g/mol. The zero-order valence-corrected chi connectivity index (χ0v) is 17.2. The van der Waals surface area contributed by atoms with Crippen molar-refractivity contribution in [3.63, 3.8) is 0 Å². The van der Waals surface area contributed by atoms with E-state index in [2.05, 4.69) is 0 Å². The van der Waals surface area contributed by atoms with E-state index >= 15 is 0 Å². The Bertz CT molecular complexity index is 946. The summed E-state index contributed by atoms with van der Waals surface area (Å²) in [6.07, 6.45) is 1.64. The molecule has 2 aromatic rings. The number of esters is 1. The number of thiocarbonyl (C=S) groups is 1. The Labute approximate surface area is 175 Å². The number of aromatic hydroxyl groups is 1. The molecule has 0 aromatic heterocycles. The predicted octanol–water partition coefficient (Wildman–Crippen LogP) is 3.14. The van der Waals surface area contributed by atoms with Crippen molar-refractivity contribution in [1.29, 1.82) is 0 Å². The third kappa shape index (κ3) is 3.96. The standard InChI is InChI=1S/C19H15IN2O4S/c1-26-17(24)11-21-15(10-12-7-8-16(23)14(20)9-12)18(25)22(19(21)27)13-5-3-2-4-6-13/h2-10,23H,11H2,1H3. The van der Waals surface area contributed by atoms with Crippen LogP contribution in [0.3, 0.4) is 0 Å². The van der Waals surface area contributed by atoms with Crippen LogP contribution in [0.2, 0.25) is 0 Å². The number of carbonyl (C=O) groups is 2. The maximum absolute atomic E-state index is 13.1. The minimum Gasteiger partial charge on any atom is -0.507 e. The van der Waals surface area contributed by atoms with E-state index in [0.29, 0.717) is 14.8 Å². The SMILES string of the molecule is COC(=O)CN1C(=S)N(c2ccccc2)C(=O)C1=Cc1ccc(O)c(I)c1. The van der Waals surface area contributed by atoms with Crippen molar-refractivity contribution in [3.8, 4) is 5.75 Å². The van der Waals surface area contributed by atoms with E-state index in [-0.39, 0.29) is 29.0 Å². The number of phenols is 1. The third-order valence-electron chi connectivity index (χ3n) is 3.94. The van der Waals surface area contributed by atoms with Crippen molar-refractivity contribution in [1.82, 2.24) is 4.90 Å². The van der Waals surface area contributed by atoms with Crippen molar-refractivity contribution >= 4 is 63.6 Å². The van der Waals surface area contributed by atoms with Crippen LogP contribution in [0.5, 0.6) is 5.75 Å². The van der Waals surface area contributed by atoms with E-state index in [1.165, 1.54) is 16.9 Å². The highest BCUT2D eigenvalue weighted by atomic mass is 127. The van der Waals surface area contributed by atoms with Crippen LogP contribution in [0.15, 0.2) is 54.2 Å². The highest BCUT2D eigenvalue weighted by Gasteiger charge is 2.40. The lowest BCUT2D eigenvalue weighted by Crippen LogP contribution is -2.35. The normalized spacial score (nSPS) is 15.6. The summed E-state index contributed by atoms with van der Waals surface area (Å²) in [6.45, 7) is -0.175. The van der Waals surface area contributed by atoms with E-state index in [1.807, 2.05) is 28.7 Å². The largest absolute Gasteiger partial charge is 0.507 e. The molecule has 0 saturated carbocycles. The van der Waals surface area contributed by atoms with Gasteiger partial charge in [-0.05, 0) is 70.7 Å². The summed E-state index contributed by atoms with van der Waals surface area (Å²) < 4.78 is 5.39. The number of methoxy groups -OCH3 is 1. The number of amides is 1. The van der Waals surface area contributed by atoms with Gasteiger partial charge in [-0.2, -0.15) is 0 Å². The molecule has 1 heterocycles. The molecule has 1 fully saturated rings. The molecule has 1 saturated heterocycles. The second-order valence-electron chi connectivity index (χ2n) is 5.66. The maximum atomic E-state index is 13.1. The van der Waals surface area contributed by atoms with Crippen LogP contribution >= 0.6 is 34.8 Å². The molecule has 1 N–H and O–H groups in total. The van der Waals surface area contributed by atoms with E-state index in [4.69, 9.17) is 17.0 Å². The summed E-state index contributed by atoms with van der Waals surface area (Å²) in [5.74, 6) is -0.687. The molecular weight excluding hydrogens is 479 g/mol. The van der Waals surface area contributed by atoms with Crippen molar-refractivity contribution in [2.75, 3.05) is 18.6 Å². The molecule has 0 radical (unpaired) electrons. The highest BCUT2D eigenvalue weighted by Crippen LogP contribution is 2.30. The molecule has 2 aromatic carbocycles. The average molecular weight is 494 g/mol. The molecule has 27 heavy (non-hydrogen) atoms. The molecule has 6 nitrogen and oxygen atoms in total. The molecule has 3 rings (SSSR count). The van der Waals surface area contributed by atoms with Crippen molar-refractivity contribution in [2.24, 2.45) is 0 Å². The van der Waals surface area contributed by atoms with Gasteiger partial charge in [-0.15, -0.1) is 0 Å². The fraction of sp³-hybridized carbons (Fsp3) is 0.105. The maximum Gasteiger partial charge on any atom is 0.325 e. The van der Waals surface area contributed by atoms with Gasteiger partial charge in [-0.3, -0.25) is 14.5 Å². The molecule has 0 spiro atoms. The van der Waals surface area contributed by atoms with E-state index in [9.17, 15) is 14.7 Å². The number of rotatable bonds is 4. The van der Waals surface area contributed by atoms with Gasteiger partial charge in [-0.25, -0.2) is 0 Å². The highest BCUT2D eigenvalue weighted by molar-refractivity contribution is 14.1. The first-order chi connectivity index (χ1) is 12.9. The minimum atomic E-state index is -0.508. The molecule has 0 unspecified atom stereocenters. The summed E-state index contributed by atoms with van der Waals surface area (Å²) in [5, 5.41) is 9.90. The number of anilines is 1. The van der Waals surface area contributed by atoms with Crippen molar-refractivity contribution in [3.05, 3.63) is 63.4 Å². The van der Waals surface area contributed by atoms with Crippen LogP contribution in [-0.4, -0.2) is 40.6 Å². The van der Waals surface area contributed by atoms with Crippen LogP contribution < -0.4 is 4.90 Å². The Hall–Kier alpha value is -2.46. The van der Waals surface area contributed by atoms with Crippen molar-refractivity contribution in [2.45, 2.75) is 0 Å². The number of hydrogen-bond donors (Lipinski definition) is 1. The average Bonchev–Trinajstić information content (AvgIpc) is 2.89. The van der Waals surface area contributed by atoms with Crippen LogP contribution in [0.4, 0.5) is 5.69 Å². The van der Waals surface area contributed by atoms with Gasteiger partial charge in [0, 0.05) is 0 Å². The molecule has 138 valence electrons. The Balaban J connectivity index is 2.06. The van der Waals surface area contributed by atoms with Gasteiger partial charge in [0.05, 0.1) is 16.4 Å². The number of halogens is 1. The molecule has 1 aliphatic heterocycles. The zero-order valence-electron chi connectivity index (χ0n) is 14.3. The summed E-state index contributed by atoms with van der Waals surface area (Å²) in [4.78, 5) is 27.8. The third-order valence-corrected chi connectivity index (χ3v) is 5.21. The lowest BCUT2D eigenvalue weighted by atomic mass is 10.1. The summed E-state index contributed by atoms with van der Waals surface area (Å²) in [6, 6.07) is 14.0. The molecule has 0 bridgehead atoms. The molecule has 0 atom stereocenters. The first kappa shape index (κ1) is 19.3. The molecular formula is C19H15IN2O4S. The number of ether oxygens (including phenoxy) is 1. The molecule has 0 aliphatic carbocycles.